The first-order valence-electron chi connectivity index (χ1n) is 21.2. The van der Waals surface area contributed by atoms with E-state index < -0.39 is 71.2 Å². The number of esters is 2. The van der Waals surface area contributed by atoms with Crippen LogP contribution in [-0.2, 0) is 38.7 Å². The summed E-state index contributed by atoms with van der Waals surface area (Å²) < 4.78 is 53.9. The van der Waals surface area contributed by atoms with E-state index >= 15 is 0 Å². The number of carbonyl (C=O) groups is 2. The Balaban J connectivity index is 2.46. The highest BCUT2D eigenvalue weighted by Crippen LogP contribution is 2.24. The number of unbranched alkanes of at least 4 members (excludes halogenated alkanes) is 21. The summed E-state index contributed by atoms with van der Waals surface area (Å²) in [7, 11) is -4.59. The molecule has 54 heavy (non-hydrogen) atoms. The summed E-state index contributed by atoms with van der Waals surface area (Å²) in [6.07, 6.45) is 22.6. The molecule has 0 bridgehead atoms. The normalized spacial score (nSPS) is 21.0. The fraction of sp³-hybridized carbons (Fsp3) is 0.902. The largest absolute Gasteiger partial charge is 0.462 e. The Kier molecular flexibility index (Phi) is 30.3. The Labute approximate surface area is 326 Å². The van der Waals surface area contributed by atoms with Crippen molar-refractivity contribution in [2.75, 3.05) is 19.0 Å². The molecule has 318 valence electrons. The number of carbonyl (C=O) groups excluding carboxylic acids is 2. The number of hydrogen-bond acceptors (Lipinski definition) is 11. The first-order valence-corrected chi connectivity index (χ1v) is 22.9. The fourth-order valence-corrected chi connectivity index (χ4v) is 7.17. The number of rotatable bonds is 35. The van der Waals surface area contributed by atoms with Crippen molar-refractivity contribution in [1.29, 1.82) is 0 Å². The maximum Gasteiger partial charge on any atom is 0.306 e. The minimum atomic E-state index is -4.59. The monoisotopic (exact) mass is 793 g/mol. The maximum absolute atomic E-state index is 12.7. The second-order valence-electron chi connectivity index (χ2n) is 15.0. The van der Waals surface area contributed by atoms with Gasteiger partial charge in [0.15, 0.2) is 12.4 Å². The molecule has 0 aromatic carbocycles. The van der Waals surface area contributed by atoms with Crippen LogP contribution in [0.1, 0.15) is 181 Å². The molecule has 13 heteroatoms. The zero-order chi connectivity index (χ0) is 39.9. The predicted molar refractivity (Wildman–Crippen MR) is 210 cm³/mol. The molecule has 4 N–H and O–H groups in total. The zero-order valence-electron chi connectivity index (χ0n) is 33.6. The molecule has 0 amide bonds. The summed E-state index contributed by atoms with van der Waals surface area (Å²) in [6.45, 7) is 3.71. The standard InChI is InChI=1S/C41H76O12S/c1-3-5-7-9-11-13-15-16-17-18-20-21-23-25-27-29-36(42)50-31-34(52-37(43)30-28-26-24-22-19-14-12-10-8-6-4-2)32-51-41-40(46)39(45)38(44)35(53-41)33-54(47,48)49/h9,11,34-35,38-41,44-46H,3-8,10,12-33H2,1-2H3,(H,47,48,49)/b11-9+/t34-,35-,38-,39?,40?,41+/m1/s1. The maximum atomic E-state index is 12.7. The molecule has 0 radical (unpaired) electrons. The van der Waals surface area contributed by atoms with Crippen molar-refractivity contribution in [1.82, 2.24) is 0 Å². The second-order valence-corrected chi connectivity index (χ2v) is 16.5. The number of allylic oxidation sites excluding steroid dienone is 2. The van der Waals surface area contributed by atoms with E-state index in [-0.39, 0.29) is 19.4 Å². The molecular weight excluding hydrogens is 717 g/mol. The van der Waals surface area contributed by atoms with Crippen molar-refractivity contribution in [3.05, 3.63) is 12.2 Å². The van der Waals surface area contributed by atoms with Crippen LogP contribution in [0.2, 0.25) is 0 Å². The summed E-state index contributed by atoms with van der Waals surface area (Å²) in [6, 6.07) is 0. The minimum Gasteiger partial charge on any atom is -0.462 e. The molecular formula is C41H76O12S. The van der Waals surface area contributed by atoms with Gasteiger partial charge in [-0.2, -0.15) is 8.42 Å². The molecule has 0 aromatic rings. The molecule has 1 rings (SSSR count). The molecule has 0 aromatic heterocycles. The van der Waals surface area contributed by atoms with Gasteiger partial charge in [-0.15, -0.1) is 0 Å². The van der Waals surface area contributed by atoms with Gasteiger partial charge in [0.25, 0.3) is 10.1 Å². The first kappa shape index (κ1) is 50.4. The average Bonchev–Trinajstić information content (AvgIpc) is 3.13. The number of aliphatic hydroxyl groups is 3. The Morgan fingerprint density at radius 3 is 1.59 bits per heavy atom. The van der Waals surface area contributed by atoms with E-state index in [0.717, 1.165) is 38.5 Å². The van der Waals surface area contributed by atoms with Gasteiger partial charge in [-0.3, -0.25) is 14.1 Å². The summed E-state index contributed by atoms with van der Waals surface area (Å²) in [5.41, 5.74) is 0. The molecule has 1 aliphatic rings. The molecule has 1 fully saturated rings. The number of aliphatic hydroxyl groups excluding tert-OH is 3. The highest BCUT2D eigenvalue weighted by molar-refractivity contribution is 7.85. The summed E-state index contributed by atoms with van der Waals surface area (Å²) in [5, 5.41) is 30.8. The minimum absolute atomic E-state index is 0.168. The van der Waals surface area contributed by atoms with Gasteiger partial charge in [0.05, 0.1) is 6.61 Å². The molecule has 2 unspecified atom stereocenters. The lowest BCUT2D eigenvalue weighted by Gasteiger charge is -2.40. The zero-order valence-corrected chi connectivity index (χ0v) is 34.4. The van der Waals surface area contributed by atoms with Crippen LogP contribution < -0.4 is 0 Å². The van der Waals surface area contributed by atoms with Crippen LogP contribution in [-0.4, -0.2) is 96.0 Å². The first-order chi connectivity index (χ1) is 26.0. The van der Waals surface area contributed by atoms with E-state index in [9.17, 15) is 37.9 Å². The van der Waals surface area contributed by atoms with E-state index in [0.29, 0.717) is 12.8 Å². The third-order valence-electron chi connectivity index (χ3n) is 9.85. The predicted octanol–water partition coefficient (Wildman–Crippen LogP) is 7.89. The SMILES string of the molecule is CCCC/C=C/CCCCCCCCCCCC(=O)OC[C@H](CO[C@H]1O[C@H](CS(=O)(=O)O)[C@@H](O)C(O)C1O)OC(=O)CCCCCCCCCCCCC. The van der Waals surface area contributed by atoms with Crippen molar-refractivity contribution in [3.63, 3.8) is 0 Å². The van der Waals surface area contributed by atoms with Crippen LogP contribution in [0.25, 0.3) is 0 Å². The van der Waals surface area contributed by atoms with Crippen molar-refractivity contribution >= 4 is 22.1 Å². The lowest BCUT2D eigenvalue weighted by atomic mass is 10.00. The Bertz CT molecular complexity index is 1070. The Morgan fingerprint density at radius 2 is 1.07 bits per heavy atom. The van der Waals surface area contributed by atoms with Gasteiger partial charge in [-0.1, -0.05) is 148 Å². The number of hydrogen-bond donors (Lipinski definition) is 4. The molecule has 1 saturated heterocycles. The van der Waals surface area contributed by atoms with Gasteiger partial charge < -0.3 is 34.3 Å². The van der Waals surface area contributed by atoms with Crippen LogP contribution in [0.15, 0.2) is 12.2 Å². The summed E-state index contributed by atoms with van der Waals surface area (Å²) in [5.74, 6) is -1.98. The van der Waals surface area contributed by atoms with Crippen molar-refractivity contribution in [3.8, 4) is 0 Å². The second kappa shape index (κ2) is 32.5. The smallest absolute Gasteiger partial charge is 0.306 e. The van der Waals surface area contributed by atoms with E-state index in [1.807, 2.05) is 0 Å². The molecule has 0 saturated carbocycles. The lowest BCUT2D eigenvalue weighted by Crippen LogP contribution is -2.60. The van der Waals surface area contributed by atoms with Crippen molar-refractivity contribution in [2.24, 2.45) is 0 Å². The van der Waals surface area contributed by atoms with Gasteiger partial charge in [0.2, 0.25) is 0 Å². The van der Waals surface area contributed by atoms with Gasteiger partial charge in [-0.05, 0) is 32.1 Å². The molecule has 0 aliphatic carbocycles. The third-order valence-corrected chi connectivity index (χ3v) is 10.6. The molecule has 1 aliphatic heterocycles. The Hall–Kier alpha value is -1.61. The molecule has 12 nitrogen and oxygen atoms in total. The fourth-order valence-electron chi connectivity index (χ4n) is 6.48. The van der Waals surface area contributed by atoms with Crippen LogP contribution in [0.3, 0.4) is 0 Å². The van der Waals surface area contributed by atoms with Gasteiger partial charge >= 0.3 is 11.9 Å². The highest BCUT2D eigenvalue weighted by Gasteiger charge is 2.46. The highest BCUT2D eigenvalue weighted by atomic mass is 32.2. The Morgan fingerprint density at radius 1 is 0.611 bits per heavy atom. The quantitative estimate of drug-likeness (QED) is 0.0211. The summed E-state index contributed by atoms with van der Waals surface area (Å²) >= 11 is 0. The third kappa shape index (κ3) is 27.1. The van der Waals surface area contributed by atoms with Crippen LogP contribution in [0, 0.1) is 0 Å². The van der Waals surface area contributed by atoms with Crippen LogP contribution >= 0.6 is 0 Å². The van der Waals surface area contributed by atoms with E-state index in [1.165, 1.54) is 103 Å². The summed E-state index contributed by atoms with van der Waals surface area (Å²) in [4.78, 5) is 25.3. The average molecular weight is 793 g/mol. The van der Waals surface area contributed by atoms with Gasteiger partial charge in [0, 0.05) is 12.8 Å². The van der Waals surface area contributed by atoms with Crippen LogP contribution in [0.5, 0.6) is 0 Å². The molecule has 0 spiro atoms. The van der Waals surface area contributed by atoms with E-state index in [1.54, 1.807) is 0 Å². The van der Waals surface area contributed by atoms with Gasteiger partial charge in [0.1, 0.15) is 36.8 Å². The number of ether oxygens (including phenoxy) is 4. The van der Waals surface area contributed by atoms with Crippen molar-refractivity contribution in [2.45, 2.75) is 218 Å². The lowest BCUT2D eigenvalue weighted by molar-refractivity contribution is -0.297. The van der Waals surface area contributed by atoms with Crippen LogP contribution in [0.4, 0.5) is 0 Å². The van der Waals surface area contributed by atoms with E-state index in [2.05, 4.69) is 26.0 Å². The topological polar surface area (TPSA) is 186 Å². The molecule has 6 atom stereocenters. The van der Waals surface area contributed by atoms with Crippen molar-refractivity contribution < 1.29 is 56.8 Å². The molecule has 1 heterocycles. The van der Waals surface area contributed by atoms with E-state index in [4.69, 9.17) is 18.9 Å². The van der Waals surface area contributed by atoms with Gasteiger partial charge in [-0.25, -0.2) is 0 Å².